The average molecular weight is 421 g/mol. The summed E-state index contributed by atoms with van der Waals surface area (Å²) in [6.45, 7) is 7.29. The molecule has 8 heteroatoms. The number of methoxy groups -OCH3 is 1. The van der Waals surface area contributed by atoms with Crippen molar-refractivity contribution in [3.05, 3.63) is 52.7 Å². The van der Waals surface area contributed by atoms with E-state index in [2.05, 4.69) is 30.7 Å². The molecular formula is C21H25ClN2O5. The van der Waals surface area contributed by atoms with E-state index in [1.165, 1.54) is 22.4 Å². The molecule has 2 aromatic rings. The molecule has 1 aromatic carbocycles. The van der Waals surface area contributed by atoms with Gasteiger partial charge in [0.25, 0.3) is 0 Å². The number of hydrogen-bond donors (Lipinski definition) is 3. The molecule has 1 aromatic heterocycles. The van der Waals surface area contributed by atoms with Crippen LogP contribution in [0.3, 0.4) is 0 Å². The number of nitrogens with two attached hydrogens (primary N) is 1. The molecule has 0 radical (unpaired) electrons. The Morgan fingerprint density at radius 1 is 1.24 bits per heavy atom. The smallest absolute Gasteiger partial charge is 0.328 e. The van der Waals surface area contributed by atoms with Gasteiger partial charge < -0.3 is 25.3 Å². The van der Waals surface area contributed by atoms with E-state index < -0.39 is 11.9 Å². The van der Waals surface area contributed by atoms with Crippen LogP contribution in [0.15, 0.2) is 36.5 Å². The van der Waals surface area contributed by atoms with Crippen molar-refractivity contribution in [2.75, 3.05) is 7.11 Å². The number of carboxylic acid groups (broad SMARTS) is 2. The Kier molecular flexibility index (Phi) is 6.77. The van der Waals surface area contributed by atoms with Crippen molar-refractivity contribution in [2.45, 2.75) is 38.8 Å². The molecule has 1 aliphatic carbocycles. The summed E-state index contributed by atoms with van der Waals surface area (Å²) >= 11 is 6.32. The Balaban J connectivity index is 0.000000321. The van der Waals surface area contributed by atoms with E-state index in [1.807, 2.05) is 19.1 Å². The first-order valence-corrected chi connectivity index (χ1v) is 9.34. The molecule has 0 fully saturated rings. The predicted octanol–water partition coefficient (Wildman–Crippen LogP) is 3.52. The summed E-state index contributed by atoms with van der Waals surface area (Å²) in [4.78, 5) is 19.1. The first-order valence-electron chi connectivity index (χ1n) is 8.96. The molecule has 0 saturated heterocycles. The first-order chi connectivity index (χ1) is 13.5. The largest absolute Gasteiger partial charge is 0.495 e. The van der Waals surface area contributed by atoms with Crippen LogP contribution in [-0.2, 0) is 21.5 Å². The highest BCUT2D eigenvalue weighted by molar-refractivity contribution is 6.32. The molecule has 7 nitrogen and oxygen atoms in total. The van der Waals surface area contributed by atoms with Crippen molar-refractivity contribution in [3.63, 3.8) is 0 Å². The van der Waals surface area contributed by atoms with Crippen molar-refractivity contribution >= 4 is 23.5 Å². The Morgan fingerprint density at radius 3 is 2.31 bits per heavy atom. The van der Waals surface area contributed by atoms with E-state index in [0.29, 0.717) is 22.9 Å². The highest BCUT2D eigenvalue weighted by Gasteiger charge is 2.38. The van der Waals surface area contributed by atoms with Gasteiger partial charge in [0.15, 0.2) is 0 Å². The summed E-state index contributed by atoms with van der Waals surface area (Å²) in [5.41, 5.74) is 10.9. The van der Waals surface area contributed by atoms with Crippen LogP contribution in [-0.4, -0.2) is 39.9 Å². The lowest BCUT2D eigenvalue weighted by Gasteiger charge is -2.20. The van der Waals surface area contributed by atoms with Crippen molar-refractivity contribution in [1.82, 2.24) is 4.57 Å². The number of rotatable bonds is 5. The van der Waals surface area contributed by atoms with E-state index in [0.717, 1.165) is 6.54 Å². The van der Waals surface area contributed by atoms with E-state index >= 15 is 0 Å². The molecule has 0 aliphatic heterocycles. The second-order valence-electron chi connectivity index (χ2n) is 7.37. The molecule has 0 bridgehead atoms. The number of hydrogen-bond acceptors (Lipinski definition) is 4. The zero-order chi connectivity index (χ0) is 21.9. The summed E-state index contributed by atoms with van der Waals surface area (Å²) < 4.78 is 7.62. The van der Waals surface area contributed by atoms with Crippen LogP contribution in [0, 0.1) is 0 Å². The molecule has 0 spiro atoms. The summed E-state index contributed by atoms with van der Waals surface area (Å²) in [7, 11) is 1.65. The molecule has 0 unspecified atom stereocenters. The van der Waals surface area contributed by atoms with E-state index in [4.69, 9.17) is 32.3 Å². The Morgan fingerprint density at radius 2 is 1.83 bits per heavy atom. The number of carbonyl (C=O) groups is 2. The maximum Gasteiger partial charge on any atom is 0.328 e. The van der Waals surface area contributed by atoms with Gasteiger partial charge in [0.2, 0.25) is 0 Å². The zero-order valence-electron chi connectivity index (χ0n) is 16.8. The standard InChI is InChI=1S/C17H21ClN2O.C4H4O4/c1-10(19)9-20-6-5-12-16(20)11-7-15(21-4)14(18)8-13(11)17(12,2)3;5-3(6)1-2-4(7)8/h5-8,10H,9,19H2,1-4H3;1-2H,(H,5,6)(H,7,8)/b;2-1+/t10-;/m0./s1. The third kappa shape index (κ3) is 4.81. The number of halogens is 1. The van der Waals surface area contributed by atoms with Gasteiger partial charge in [0.05, 0.1) is 17.8 Å². The molecule has 1 atom stereocenters. The fourth-order valence-electron chi connectivity index (χ4n) is 3.45. The zero-order valence-corrected chi connectivity index (χ0v) is 17.5. The Bertz CT molecular complexity index is 944. The topological polar surface area (TPSA) is 115 Å². The van der Waals surface area contributed by atoms with Crippen LogP contribution < -0.4 is 10.5 Å². The fourth-order valence-corrected chi connectivity index (χ4v) is 3.69. The lowest BCUT2D eigenvalue weighted by Crippen LogP contribution is -2.22. The summed E-state index contributed by atoms with van der Waals surface area (Å²) in [5.74, 6) is -1.80. The maximum atomic E-state index is 9.55. The van der Waals surface area contributed by atoms with Gasteiger partial charge in [-0.3, -0.25) is 0 Å². The van der Waals surface area contributed by atoms with Crippen LogP contribution in [0.25, 0.3) is 11.3 Å². The van der Waals surface area contributed by atoms with E-state index in [-0.39, 0.29) is 11.5 Å². The predicted molar refractivity (Wildman–Crippen MR) is 112 cm³/mol. The number of aromatic nitrogens is 1. The van der Waals surface area contributed by atoms with Crippen LogP contribution in [0.2, 0.25) is 5.02 Å². The first kappa shape index (κ1) is 22.5. The summed E-state index contributed by atoms with van der Waals surface area (Å²) in [5, 5.41) is 16.3. The van der Waals surface area contributed by atoms with Crippen molar-refractivity contribution in [3.8, 4) is 17.0 Å². The second-order valence-corrected chi connectivity index (χ2v) is 7.78. The van der Waals surface area contributed by atoms with Gasteiger partial charge in [-0.25, -0.2) is 9.59 Å². The minimum absolute atomic E-state index is 0.0519. The third-order valence-electron chi connectivity index (χ3n) is 4.71. The average Bonchev–Trinajstić information content (AvgIpc) is 3.12. The molecule has 4 N–H and O–H groups in total. The summed E-state index contributed by atoms with van der Waals surface area (Å²) in [6.07, 6.45) is 3.24. The molecular weight excluding hydrogens is 396 g/mol. The second kappa shape index (κ2) is 8.71. The minimum Gasteiger partial charge on any atom is -0.495 e. The van der Waals surface area contributed by atoms with E-state index in [9.17, 15) is 9.59 Å². The van der Waals surface area contributed by atoms with Gasteiger partial charge in [-0.1, -0.05) is 25.4 Å². The Hall–Kier alpha value is -2.77. The molecule has 0 amide bonds. The SMILES string of the molecule is COc1cc2c(cc1Cl)C(C)(C)c1ccn(C[C@H](C)N)c1-2.O=C(O)/C=C/C(=O)O. The van der Waals surface area contributed by atoms with Crippen LogP contribution in [0.4, 0.5) is 0 Å². The lowest BCUT2D eigenvalue weighted by atomic mass is 9.83. The quantitative estimate of drug-likeness (QED) is 0.637. The summed E-state index contributed by atoms with van der Waals surface area (Å²) in [6, 6.07) is 6.38. The maximum absolute atomic E-state index is 9.55. The number of carboxylic acids is 2. The molecule has 1 heterocycles. The van der Waals surface area contributed by atoms with Crippen LogP contribution in [0.5, 0.6) is 5.75 Å². The van der Waals surface area contributed by atoms with Gasteiger partial charge >= 0.3 is 11.9 Å². The van der Waals surface area contributed by atoms with Gasteiger partial charge in [0, 0.05) is 41.9 Å². The van der Waals surface area contributed by atoms with Crippen molar-refractivity contribution in [1.29, 1.82) is 0 Å². The van der Waals surface area contributed by atoms with Crippen molar-refractivity contribution in [2.24, 2.45) is 5.73 Å². The highest BCUT2D eigenvalue weighted by Crippen LogP contribution is 2.51. The normalized spacial score (nSPS) is 14.6. The number of fused-ring (bicyclic) bond motifs is 3. The number of benzene rings is 1. The van der Waals surface area contributed by atoms with Crippen molar-refractivity contribution < 1.29 is 24.5 Å². The highest BCUT2D eigenvalue weighted by atomic mass is 35.5. The van der Waals surface area contributed by atoms with Gasteiger partial charge in [0.1, 0.15) is 5.75 Å². The third-order valence-corrected chi connectivity index (χ3v) is 5.01. The lowest BCUT2D eigenvalue weighted by molar-refractivity contribution is -0.134. The molecule has 3 rings (SSSR count). The number of nitrogens with zero attached hydrogens (tertiary/aromatic N) is 1. The molecule has 0 saturated carbocycles. The fraction of sp³-hybridized carbons (Fsp3) is 0.333. The minimum atomic E-state index is -1.26. The van der Waals surface area contributed by atoms with Gasteiger partial charge in [-0.05, 0) is 36.2 Å². The Labute approximate surface area is 174 Å². The molecule has 156 valence electrons. The van der Waals surface area contributed by atoms with E-state index in [1.54, 1.807) is 7.11 Å². The molecule has 1 aliphatic rings. The number of aliphatic carboxylic acids is 2. The van der Waals surface area contributed by atoms with Gasteiger partial charge in [-0.15, -0.1) is 0 Å². The number of ether oxygens (including phenoxy) is 1. The van der Waals surface area contributed by atoms with Gasteiger partial charge in [-0.2, -0.15) is 0 Å². The van der Waals surface area contributed by atoms with Crippen LogP contribution >= 0.6 is 11.6 Å². The monoisotopic (exact) mass is 420 g/mol. The molecule has 29 heavy (non-hydrogen) atoms. The van der Waals surface area contributed by atoms with Crippen LogP contribution in [0.1, 0.15) is 31.9 Å².